The summed E-state index contributed by atoms with van der Waals surface area (Å²) in [5.41, 5.74) is 6.43. The fourth-order valence-electron chi connectivity index (χ4n) is 3.17. The van der Waals surface area contributed by atoms with Crippen LogP contribution in [0.25, 0.3) is 17.1 Å². The zero-order chi connectivity index (χ0) is 23.9. The van der Waals surface area contributed by atoms with Gasteiger partial charge in [0.25, 0.3) is 5.91 Å². The molecule has 4 aromatic rings. The van der Waals surface area contributed by atoms with Crippen LogP contribution in [0.4, 0.5) is 0 Å². The maximum Gasteiger partial charge on any atom is 0.250 e. The Labute approximate surface area is 210 Å². The molecule has 0 unspecified atom stereocenters. The van der Waals surface area contributed by atoms with Crippen molar-refractivity contribution in [3.63, 3.8) is 0 Å². The Bertz CT molecular complexity index is 1310. The van der Waals surface area contributed by atoms with E-state index in [0.717, 1.165) is 32.9 Å². The predicted molar refractivity (Wildman–Crippen MR) is 139 cm³/mol. The number of halogens is 1. The van der Waals surface area contributed by atoms with Crippen LogP contribution in [-0.4, -0.2) is 39.7 Å². The van der Waals surface area contributed by atoms with Crippen LogP contribution < -0.4 is 10.2 Å². The van der Waals surface area contributed by atoms with E-state index in [2.05, 4.69) is 36.7 Å². The van der Waals surface area contributed by atoms with Crippen molar-refractivity contribution >= 4 is 39.8 Å². The highest BCUT2D eigenvalue weighted by Gasteiger charge is 2.17. The number of carbonyl (C=O) groups excluding carboxylic acids is 1. The van der Waals surface area contributed by atoms with Crippen molar-refractivity contribution in [3.05, 3.63) is 88.4 Å². The molecule has 34 heavy (non-hydrogen) atoms. The molecule has 4 rings (SSSR count). The maximum atomic E-state index is 12.4. The van der Waals surface area contributed by atoms with Gasteiger partial charge in [-0.05, 0) is 58.7 Å². The summed E-state index contributed by atoms with van der Waals surface area (Å²) >= 11 is 4.74. The molecule has 172 valence electrons. The van der Waals surface area contributed by atoms with E-state index in [0.29, 0.717) is 5.16 Å². The highest BCUT2D eigenvalue weighted by molar-refractivity contribution is 9.10. The number of para-hydroxylation sites is 1. The first-order chi connectivity index (χ1) is 16.5. The van der Waals surface area contributed by atoms with Gasteiger partial charge in [-0.25, -0.2) is 5.43 Å². The zero-order valence-corrected chi connectivity index (χ0v) is 21.0. The summed E-state index contributed by atoms with van der Waals surface area (Å²) in [6.07, 6.45) is 1.58. The number of aromatic nitrogens is 3. The van der Waals surface area contributed by atoms with Gasteiger partial charge in [-0.3, -0.25) is 9.36 Å². The molecular formula is C25H22BrN5O2S. The van der Waals surface area contributed by atoms with Crippen molar-refractivity contribution in [2.75, 3.05) is 12.9 Å². The van der Waals surface area contributed by atoms with Gasteiger partial charge >= 0.3 is 0 Å². The van der Waals surface area contributed by atoms with Crippen molar-refractivity contribution in [2.24, 2.45) is 5.10 Å². The van der Waals surface area contributed by atoms with E-state index in [1.54, 1.807) is 13.3 Å². The van der Waals surface area contributed by atoms with Crippen molar-refractivity contribution in [2.45, 2.75) is 12.1 Å². The molecule has 1 N–H and O–H groups in total. The molecule has 0 radical (unpaired) electrons. The van der Waals surface area contributed by atoms with E-state index >= 15 is 0 Å². The number of hydrogen-bond donors (Lipinski definition) is 1. The second kappa shape index (κ2) is 11.1. The lowest BCUT2D eigenvalue weighted by Crippen LogP contribution is -2.20. The van der Waals surface area contributed by atoms with Crippen LogP contribution in [0.15, 0.2) is 87.5 Å². The van der Waals surface area contributed by atoms with Crippen molar-refractivity contribution in [3.8, 4) is 22.8 Å². The van der Waals surface area contributed by atoms with Crippen molar-refractivity contribution in [1.29, 1.82) is 0 Å². The fraction of sp³-hybridized carbons (Fsp3) is 0.120. The van der Waals surface area contributed by atoms with Crippen LogP contribution >= 0.6 is 27.7 Å². The van der Waals surface area contributed by atoms with Crippen LogP contribution in [0.1, 0.15) is 11.1 Å². The van der Waals surface area contributed by atoms with Crippen LogP contribution in [0, 0.1) is 6.92 Å². The summed E-state index contributed by atoms with van der Waals surface area (Å²) in [6, 6.07) is 23.5. The Morgan fingerprint density at radius 3 is 2.59 bits per heavy atom. The second-order valence-corrected chi connectivity index (χ2v) is 9.12. The Morgan fingerprint density at radius 1 is 1.12 bits per heavy atom. The molecule has 1 heterocycles. The normalized spacial score (nSPS) is 11.0. The summed E-state index contributed by atoms with van der Waals surface area (Å²) < 4.78 is 7.99. The molecule has 0 aliphatic heterocycles. The molecule has 0 aliphatic rings. The molecule has 0 aliphatic carbocycles. The number of aryl methyl sites for hydroxylation is 1. The lowest BCUT2D eigenvalue weighted by Gasteiger charge is -2.10. The van der Waals surface area contributed by atoms with Gasteiger partial charge in [0.05, 0.1) is 23.5 Å². The van der Waals surface area contributed by atoms with Crippen LogP contribution in [0.2, 0.25) is 0 Å². The molecule has 9 heteroatoms. The number of methoxy groups -OCH3 is 1. The van der Waals surface area contributed by atoms with Gasteiger partial charge < -0.3 is 4.74 Å². The number of amides is 1. The Kier molecular flexibility index (Phi) is 7.76. The third kappa shape index (κ3) is 5.73. The topological polar surface area (TPSA) is 81.4 Å². The SMILES string of the molecule is COc1ccc(/C=N/NC(=O)CSc2nnc(-c3ccc(C)cc3)n2-c2ccccc2)cc1Br. The van der Waals surface area contributed by atoms with Gasteiger partial charge in [0, 0.05) is 11.3 Å². The standard InChI is InChI=1S/C25H22BrN5O2S/c1-17-8-11-19(12-9-17)24-29-30-25(31(24)20-6-4-3-5-7-20)34-16-23(32)28-27-15-18-10-13-22(33-2)21(26)14-18/h3-15H,16H2,1-2H3,(H,28,32)/b27-15+. The summed E-state index contributed by atoms with van der Waals surface area (Å²) in [5, 5.41) is 13.4. The smallest absolute Gasteiger partial charge is 0.250 e. The molecule has 0 atom stereocenters. The molecule has 3 aromatic carbocycles. The maximum absolute atomic E-state index is 12.4. The number of carbonyl (C=O) groups is 1. The van der Waals surface area contributed by atoms with Gasteiger partial charge in [-0.15, -0.1) is 10.2 Å². The molecule has 0 bridgehead atoms. The molecule has 0 spiro atoms. The van der Waals surface area contributed by atoms with Crippen LogP contribution in [0.5, 0.6) is 5.75 Å². The number of ether oxygens (including phenoxy) is 1. The van der Waals surface area contributed by atoms with Gasteiger partial charge in [-0.2, -0.15) is 5.10 Å². The minimum absolute atomic E-state index is 0.141. The molecule has 7 nitrogen and oxygen atoms in total. The average Bonchev–Trinajstić information content (AvgIpc) is 3.28. The van der Waals surface area contributed by atoms with E-state index in [9.17, 15) is 4.79 Å². The Balaban J connectivity index is 1.47. The average molecular weight is 536 g/mol. The molecular weight excluding hydrogens is 514 g/mol. The van der Waals surface area contributed by atoms with Crippen LogP contribution in [0.3, 0.4) is 0 Å². The summed E-state index contributed by atoms with van der Waals surface area (Å²) in [6.45, 7) is 2.04. The van der Waals surface area contributed by atoms with Gasteiger partial charge in [0.2, 0.25) is 0 Å². The zero-order valence-electron chi connectivity index (χ0n) is 18.6. The molecule has 1 amide bonds. The predicted octanol–water partition coefficient (Wildman–Crippen LogP) is 5.26. The molecule has 1 aromatic heterocycles. The molecule has 0 fully saturated rings. The lowest BCUT2D eigenvalue weighted by atomic mass is 10.1. The van der Waals surface area contributed by atoms with E-state index in [-0.39, 0.29) is 11.7 Å². The van der Waals surface area contributed by atoms with E-state index < -0.39 is 0 Å². The Morgan fingerprint density at radius 2 is 1.88 bits per heavy atom. The number of thioether (sulfide) groups is 1. The monoisotopic (exact) mass is 535 g/mol. The fourth-order valence-corrected chi connectivity index (χ4v) is 4.47. The summed E-state index contributed by atoms with van der Waals surface area (Å²) in [4.78, 5) is 12.4. The van der Waals surface area contributed by atoms with Gasteiger partial charge in [0.1, 0.15) is 5.75 Å². The number of hydrazone groups is 1. The first-order valence-corrected chi connectivity index (χ1v) is 12.2. The summed E-state index contributed by atoms with van der Waals surface area (Å²) in [5.74, 6) is 1.35. The lowest BCUT2D eigenvalue weighted by molar-refractivity contribution is -0.118. The first-order valence-electron chi connectivity index (χ1n) is 10.4. The Hall–Kier alpha value is -3.43. The minimum Gasteiger partial charge on any atom is -0.496 e. The van der Waals surface area contributed by atoms with E-state index in [1.807, 2.05) is 84.3 Å². The van der Waals surface area contributed by atoms with E-state index in [1.165, 1.54) is 17.3 Å². The number of benzene rings is 3. The quantitative estimate of drug-likeness (QED) is 0.189. The number of hydrogen-bond acceptors (Lipinski definition) is 6. The highest BCUT2D eigenvalue weighted by atomic mass is 79.9. The summed E-state index contributed by atoms with van der Waals surface area (Å²) in [7, 11) is 1.61. The number of nitrogens with one attached hydrogen (secondary N) is 1. The number of rotatable bonds is 8. The third-order valence-electron chi connectivity index (χ3n) is 4.87. The minimum atomic E-state index is -0.242. The third-order valence-corrected chi connectivity index (χ3v) is 6.42. The molecule has 0 saturated carbocycles. The first kappa shape index (κ1) is 23.7. The second-order valence-electron chi connectivity index (χ2n) is 7.32. The van der Waals surface area contributed by atoms with Gasteiger partial charge in [0.15, 0.2) is 11.0 Å². The largest absolute Gasteiger partial charge is 0.496 e. The number of nitrogens with zero attached hydrogens (tertiary/aromatic N) is 4. The van der Waals surface area contributed by atoms with Crippen molar-refractivity contribution in [1.82, 2.24) is 20.2 Å². The van der Waals surface area contributed by atoms with Crippen LogP contribution in [-0.2, 0) is 4.79 Å². The van der Waals surface area contributed by atoms with Crippen molar-refractivity contribution < 1.29 is 9.53 Å². The van der Waals surface area contributed by atoms with Gasteiger partial charge in [-0.1, -0.05) is 59.8 Å². The molecule has 0 saturated heterocycles. The van der Waals surface area contributed by atoms with E-state index in [4.69, 9.17) is 4.74 Å². The highest BCUT2D eigenvalue weighted by Crippen LogP contribution is 2.28.